The minimum atomic E-state index is -0.597. The molecule has 0 heterocycles. The number of hydrogen-bond acceptors (Lipinski definition) is 2. The average Bonchev–Trinajstić information content (AvgIpc) is 2.29. The fourth-order valence-corrected chi connectivity index (χ4v) is 1.05. The number of rotatable bonds is 4. The van der Waals surface area contributed by atoms with E-state index in [1.807, 2.05) is 27.7 Å². The Bertz CT molecular complexity index is 381. The summed E-state index contributed by atoms with van der Waals surface area (Å²) < 4.78 is 10.6. The summed E-state index contributed by atoms with van der Waals surface area (Å²) >= 11 is 0. The predicted octanol–water partition coefficient (Wildman–Crippen LogP) is 2.55. The summed E-state index contributed by atoms with van der Waals surface area (Å²) in [4.78, 5) is 0. The van der Waals surface area contributed by atoms with Gasteiger partial charge in [-0.15, -0.1) is 12.8 Å². The van der Waals surface area contributed by atoms with Crippen molar-refractivity contribution in [1.29, 1.82) is 0 Å². The fraction of sp³-hybridized carbons (Fsp3) is 0.533. The van der Waals surface area contributed by atoms with Crippen molar-refractivity contribution in [2.24, 2.45) is 0 Å². The molecule has 0 rings (SSSR count). The maximum Gasteiger partial charge on any atom is 0.102 e. The highest BCUT2D eigenvalue weighted by Crippen LogP contribution is 2.22. The van der Waals surface area contributed by atoms with Crippen molar-refractivity contribution in [3.63, 3.8) is 0 Å². The monoisotopic (exact) mass is 232 g/mol. The van der Waals surface area contributed by atoms with Crippen LogP contribution in [-0.2, 0) is 9.47 Å². The molecule has 0 saturated carbocycles. The molecule has 0 aromatic carbocycles. The largest absolute Gasteiger partial charge is 0.373 e. The highest BCUT2D eigenvalue weighted by Gasteiger charge is 2.25. The first kappa shape index (κ1) is 15.6. The molecular weight excluding hydrogens is 212 g/mol. The van der Waals surface area contributed by atoms with Crippen LogP contribution < -0.4 is 0 Å². The summed E-state index contributed by atoms with van der Waals surface area (Å²) in [5.74, 6) is 5.13. The normalized spacial score (nSPS) is 11.1. The first-order valence-corrected chi connectivity index (χ1v) is 5.30. The maximum atomic E-state index is 5.47. The van der Waals surface area contributed by atoms with Gasteiger partial charge in [-0.05, 0) is 27.7 Å². The lowest BCUT2D eigenvalue weighted by Gasteiger charge is -2.24. The summed E-state index contributed by atoms with van der Waals surface area (Å²) in [6.07, 6.45) is 10.9. The van der Waals surface area contributed by atoms with Gasteiger partial charge >= 0.3 is 0 Å². The summed E-state index contributed by atoms with van der Waals surface area (Å²) in [5, 5.41) is 0. The van der Waals surface area contributed by atoms with Gasteiger partial charge in [0, 0.05) is 14.2 Å². The van der Waals surface area contributed by atoms with Crippen molar-refractivity contribution in [1.82, 2.24) is 0 Å². The van der Waals surface area contributed by atoms with Crippen LogP contribution in [0.2, 0.25) is 0 Å². The van der Waals surface area contributed by atoms with Gasteiger partial charge in [-0.1, -0.05) is 17.6 Å². The molecule has 2 heteroatoms. The van der Waals surface area contributed by atoms with Crippen LogP contribution in [0.4, 0.5) is 0 Å². The fourth-order valence-electron chi connectivity index (χ4n) is 1.05. The first-order chi connectivity index (χ1) is 7.75. The lowest BCUT2D eigenvalue weighted by atomic mass is 9.94. The highest BCUT2D eigenvalue weighted by molar-refractivity contribution is 5.41. The Morgan fingerprint density at radius 2 is 1.12 bits per heavy atom. The summed E-state index contributed by atoms with van der Waals surface area (Å²) in [6.45, 7) is 7.46. The molecule has 2 nitrogen and oxygen atoms in total. The van der Waals surface area contributed by atoms with Crippen molar-refractivity contribution >= 4 is 0 Å². The SMILES string of the molecule is C#CC(=C=C(C#C)C(C)(C)OC)C(C)(C)OC. The van der Waals surface area contributed by atoms with Crippen LogP contribution in [0.15, 0.2) is 16.9 Å². The molecule has 0 unspecified atom stereocenters. The Morgan fingerprint density at radius 1 is 0.824 bits per heavy atom. The summed E-state index contributed by atoms with van der Waals surface area (Å²) in [5.41, 5.74) is 2.99. The molecule has 0 aliphatic rings. The molecule has 0 aromatic rings. The van der Waals surface area contributed by atoms with Crippen LogP contribution in [0.3, 0.4) is 0 Å². The molecular formula is C15H20O2. The van der Waals surface area contributed by atoms with Crippen LogP contribution >= 0.6 is 0 Å². The molecule has 0 spiro atoms. The van der Waals surface area contributed by atoms with E-state index in [0.717, 1.165) is 0 Å². The van der Waals surface area contributed by atoms with E-state index in [4.69, 9.17) is 22.3 Å². The van der Waals surface area contributed by atoms with E-state index in [1.165, 1.54) is 0 Å². The third-order valence-electron chi connectivity index (χ3n) is 2.76. The topological polar surface area (TPSA) is 18.5 Å². The Labute approximate surface area is 105 Å². The summed E-state index contributed by atoms with van der Waals surface area (Å²) in [6, 6.07) is 0. The molecule has 0 aliphatic heterocycles. The number of ether oxygens (including phenoxy) is 2. The molecule has 0 radical (unpaired) electrons. The Balaban J connectivity index is 5.91. The van der Waals surface area contributed by atoms with E-state index >= 15 is 0 Å². The van der Waals surface area contributed by atoms with Crippen molar-refractivity contribution in [2.75, 3.05) is 14.2 Å². The molecule has 0 aromatic heterocycles. The van der Waals surface area contributed by atoms with Gasteiger partial charge in [-0.2, -0.15) is 0 Å². The van der Waals surface area contributed by atoms with Gasteiger partial charge in [0.2, 0.25) is 0 Å². The van der Waals surface area contributed by atoms with Crippen LogP contribution in [0.5, 0.6) is 0 Å². The second-order valence-corrected chi connectivity index (χ2v) is 4.59. The van der Waals surface area contributed by atoms with E-state index < -0.39 is 11.2 Å². The molecule has 17 heavy (non-hydrogen) atoms. The van der Waals surface area contributed by atoms with Crippen molar-refractivity contribution < 1.29 is 9.47 Å². The molecule has 92 valence electrons. The zero-order valence-corrected chi connectivity index (χ0v) is 11.5. The maximum absolute atomic E-state index is 5.47. The van der Waals surface area contributed by atoms with E-state index in [1.54, 1.807) is 14.2 Å². The van der Waals surface area contributed by atoms with Crippen LogP contribution in [0.25, 0.3) is 0 Å². The Morgan fingerprint density at radius 3 is 1.29 bits per heavy atom. The van der Waals surface area contributed by atoms with Crippen LogP contribution in [0, 0.1) is 24.7 Å². The van der Waals surface area contributed by atoms with E-state index in [0.29, 0.717) is 11.1 Å². The van der Waals surface area contributed by atoms with Crippen molar-refractivity contribution in [3.05, 3.63) is 16.9 Å². The van der Waals surface area contributed by atoms with Gasteiger partial charge in [-0.3, -0.25) is 0 Å². The average molecular weight is 232 g/mol. The third kappa shape index (κ3) is 3.81. The number of terminal acetylenes is 2. The second kappa shape index (κ2) is 5.76. The molecule has 0 N–H and O–H groups in total. The highest BCUT2D eigenvalue weighted by atomic mass is 16.5. The molecule has 0 fully saturated rings. The Hall–Kier alpha value is -1.44. The van der Waals surface area contributed by atoms with Crippen molar-refractivity contribution in [3.8, 4) is 24.7 Å². The van der Waals surface area contributed by atoms with E-state index in [9.17, 15) is 0 Å². The smallest absolute Gasteiger partial charge is 0.102 e. The van der Waals surface area contributed by atoms with Crippen LogP contribution in [-0.4, -0.2) is 25.4 Å². The zero-order valence-electron chi connectivity index (χ0n) is 11.5. The second-order valence-electron chi connectivity index (χ2n) is 4.59. The van der Waals surface area contributed by atoms with Gasteiger partial charge in [0.1, 0.15) is 11.2 Å². The number of methoxy groups -OCH3 is 2. The predicted molar refractivity (Wildman–Crippen MR) is 70.4 cm³/mol. The first-order valence-electron chi connectivity index (χ1n) is 5.30. The molecule has 0 saturated heterocycles. The standard InChI is InChI=1S/C15H20O2/c1-9-12(14(3,4)16-7)11-13(10-2)15(5,6)17-8/h1-2H,3-8H3. The van der Waals surface area contributed by atoms with E-state index in [-0.39, 0.29) is 0 Å². The van der Waals surface area contributed by atoms with Crippen molar-refractivity contribution in [2.45, 2.75) is 38.9 Å². The summed E-state index contributed by atoms with van der Waals surface area (Å²) in [7, 11) is 3.19. The Kier molecular flexibility index (Phi) is 5.27. The van der Waals surface area contributed by atoms with Gasteiger partial charge in [0.25, 0.3) is 0 Å². The molecule has 0 bridgehead atoms. The molecule has 0 aliphatic carbocycles. The third-order valence-corrected chi connectivity index (χ3v) is 2.76. The minimum Gasteiger partial charge on any atom is -0.373 e. The van der Waals surface area contributed by atoms with E-state index in [2.05, 4.69) is 17.6 Å². The van der Waals surface area contributed by atoms with Gasteiger partial charge in [-0.25, -0.2) is 0 Å². The van der Waals surface area contributed by atoms with Gasteiger partial charge in [0.15, 0.2) is 0 Å². The lowest BCUT2D eigenvalue weighted by Crippen LogP contribution is -2.27. The lowest BCUT2D eigenvalue weighted by molar-refractivity contribution is 0.0557. The van der Waals surface area contributed by atoms with Gasteiger partial charge in [0.05, 0.1) is 11.1 Å². The zero-order chi connectivity index (χ0) is 13.7. The van der Waals surface area contributed by atoms with Gasteiger partial charge < -0.3 is 9.47 Å². The van der Waals surface area contributed by atoms with Crippen LogP contribution in [0.1, 0.15) is 27.7 Å². The minimum absolute atomic E-state index is 0.568. The quantitative estimate of drug-likeness (QED) is 0.548. The molecule has 0 amide bonds. The number of hydrogen-bond donors (Lipinski definition) is 0. The molecule has 0 atom stereocenters.